The van der Waals surface area contributed by atoms with Crippen molar-refractivity contribution < 1.29 is 9.59 Å². The molecule has 142 valence electrons. The third kappa shape index (κ3) is 4.29. The van der Waals surface area contributed by atoms with E-state index in [-0.39, 0.29) is 17.4 Å². The van der Waals surface area contributed by atoms with Crippen molar-refractivity contribution in [3.8, 4) is 6.07 Å². The second kappa shape index (κ2) is 8.53. The van der Waals surface area contributed by atoms with Gasteiger partial charge in [-0.15, -0.1) is 0 Å². The first kappa shape index (κ1) is 19.4. The number of nitrogens with zero attached hydrogens (tertiary/aromatic N) is 3. The molecule has 0 aliphatic carbocycles. The summed E-state index contributed by atoms with van der Waals surface area (Å²) in [6.07, 6.45) is 2.48. The highest BCUT2D eigenvalue weighted by Gasteiger charge is 2.28. The number of hydrogen-bond acceptors (Lipinski definition) is 3. The molecule has 1 aliphatic heterocycles. The Bertz CT molecular complexity index is 925. The van der Waals surface area contributed by atoms with E-state index in [2.05, 4.69) is 12.1 Å². The molecule has 1 aliphatic rings. The Morgan fingerprint density at radius 2 is 1.79 bits per heavy atom. The van der Waals surface area contributed by atoms with E-state index in [4.69, 9.17) is 0 Å². The molecule has 28 heavy (non-hydrogen) atoms. The van der Waals surface area contributed by atoms with Gasteiger partial charge in [-0.05, 0) is 35.8 Å². The maximum atomic E-state index is 12.8. The summed E-state index contributed by atoms with van der Waals surface area (Å²) < 4.78 is 0. The Balaban J connectivity index is 1.72. The largest absolute Gasteiger partial charge is 0.345 e. The van der Waals surface area contributed by atoms with Crippen molar-refractivity contribution in [1.29, 1.82) is 5.26 Å². The van der Waals surface area contributed by atoms with Gasteiger partial charge in [-0.25, -0.2) is 0 Å². The number of carbonyl (C=O) groups is 2. The zero-order valence-electron chi connectivity index (χ0n) is 16.1. The summed E-state index contributed by atoms with van der Waals surface area (Å²) in [5.74, 6) is -0.0214. The first-order valence-corrected chi connectivity index (χ1v) is 9.27. The SMILES string of the molecule is CN(C)C(=O)c1ccc(/C=C(/C#N)C(=O)N2CCC(c3ccccc3)C2)cc1. The number of nitriles is 1. The second-order valence-corrected chi connectivity index (χ2v) is 7.14. The van der Waals surface area contributed by atoms with Gasteiger partial charge in [0.2, 0.25) is 0 Å². The highest BCUT2D eigenvalue weighted by atomic mass is 16.2. The van der Waals surface area contributed by atoms with E-state index < -0.39 is 0 Å². The average molecular weight is 373 g/mol. The molecular formula is C23H23N3O2. The number of carbonyl (C=O) groups excluding carboxylic acids is 2. The number of rotatable bonds is 4. The molecule has 5 heteroatoms. The van der Waals surface area contributed by atoms with Crippen LogP contribution in [-0.2, 0) is 4.79 Å². The molecule has 0 spiro atoms. The lowest BCUT2D eigenvalue weighted by Crippen LogP contribution is -2.29. The van der Waals surface area contributed by atoms with Crippen LogP contribution in [0.5, 0.6) is 0 Å². The molecule has 0 aromatic heterocycles. The van der Waals surface area contributed by atoms with Crippen LogP contribution in [0.15, 0.2) is 60.2 Å². The Morgan fingerprint density at radius 3 is 2.39 bits per heavy atom. The number of likely N-dealkylation sites (tertiary alicyclic amines) is 1. The molecule has 0 radical (unpaired) electrons. The molecular weight excluding hydrogens is 350 g/mol. The minimum Gasteiger partial charge on any atom is -0.345 e. The molecule has 1 atom stereocenters. The Hall–Kier alpha value is -3.39. The lowest BCUT2D eigenvalue weighted by molar-refractivity contribution is -0.125. The van der Waals surface area contributed by atoms with Gasteiger partial charge in [-0.2, -0.15) is 5.26 Å². The summed E-state index contributed by atoms with van der Waals surface area (Å²) in [6, 6.07) is 19.1. The molecule has 5 nitrogen and oxygen atoms in total. The van der Waals surface area contributed by atoms with Crippen molar-refractivity contribution in [2.24, 2.45) is 0 Å². The van der Waals surface area contributed by atoms with Crippen molar-refractivity contribution in [2.75, 3.05) is 27.2 Å². The Labute approximate surface area is 165 Å². The summed E-state index contributed by atoms with van der Waals surface area (Å²) in [6.45, 7) is 1.27. The summed E-state index contributed by atoms with van der Waals surface area (Å²) >= 11 is 0. The van der Waals surface area contributed by atoms with Crippen LogP contribution in [0, 0.1) is 11.3 Å². The zero-order chi connectivity index (χ0) is 20.1. The van der Waals surface area contributed by atoms with Gasteiger partial charge in [0.05, 0.1) is 0 Å². The zero-order valence-corrected chi connectivity index (χ0v) is 16.1. The van der Waals surface area contributed by atoms with Crippen molar-refractivity contribution in [3.63, 3.8) is 0 Å². The van der Waals surface area contributed by atoms with Gasteiger partial charge in [0.25, 0.3) is 11.8 Å². The molecule has 2 amide bonds. The smallest absolute Gasteiger partial charge is 0.264 e. The van der Waals surface area contributed by atoms with Crippen LogP contribution >= 0.6 is 0 Å². The van der Waals surface area contributed by atoms with Gasteiger partial charge in [-0.3, -0.25) is 9.59 Å². The normalized spacial score (nSPS) is 16.5. The monoisotopic (exact) mass is 373 g/mol. The standard InChI is InChI=1S/C23H23N3O2/c1-25(2)22(27)19-10-8-17(9-11-19)14-21(15-24)23(28)26-13-12-20(16-26)18-6-4-3-5-7-18/h3-11,14,20H,12-13,16H2,1-2H3/b21-14-. The van der Waals surface area contributed by atoms with E-state index in [0.717, 1.165) is 12.0 Å². The van der Waals surface area contributed by atoms with E-state index in [1.165, 1.54) is 10.5 Å². The molecule has 1 saturated heterocycles. The molecule has 0 bridgehead atoms. The van der Waals surface area contributed by atoms with Gasteiger partial charge in [-0.1, -0.05) is 42.5 Å². The minimum absolute atomic E-state index is 0.0869. The average Bonchev–Trinajstić information content (AvgIpc) is 3.22. The number of benzene rings is 2. The first-order chi connectivity index (χ1) is 13.5. The van der Waals surface area contributed by atoms with Crippen LogP contribution in [0.25, 0.3) is 6.08 Å². The van der Waals surface area contributed by atoms with Crippen molar-refractivity contribution >= 4 is 17.9 Å². The third-order valence-corrected chi connectivity index (χ3v) is 4.97. The summed E-state index contributed by atoms with van der Waals surface area (Å²) in [5, 5.41) is 9.49. The van der Waals surface area contributed by atoms with Gasteiger partial charge >= 0.3 is 0 Å². The van der Waals surface area contributed by atoms with Crippen molar-refractivity contribution in [3.05, 3.63) is 76.9 Å². The molecule has 2 aromatic carbocycles. The molecule has 0 saturated carbocycles. The van der Waals surface area contributed by atoms with Gasteiger partial charge < -0.3 is 9.80 Å². The fourth-order valence-corrected chi connectivity index (χ4v) is 3.40. The second-order valence-electron chi connectivity index (χ2n) is 7.14. The van der Waals surface area contributed by atoms with Crippen LogP contribution in [0.1, 0.15) is 33.8 Å². The van der Waals surface area contributed by atoms with Crippen LogP contribution in [0.2, 0.25) is 0 Å². The van der Waals surface area contributed by atoms with Crippen LogP contribution in [-0.4, -0.2) is 48.8 Å². The van der Waals surface area contributed by atoms with E-state index in [1.54, 1.807) is 49.3 Å². The molecule has 1 heterocycles. The first-order valence-electron chi connectivity index (χ1n) is 9.27. The molecule has 1 unspecified atom stereocenters. The highest BCUT2D eigenvalue weighted by molar-refractivity contribution is 6.02. The fraction of sp³-hybridized carbons (Fsp3) is 0.261. The molecule has 1 fully saturated rings. The van der Waals surface area contributed by atoms with Gasteiger partial charge in [0, 0.05) is 38.7 Å². The van der Waals surface area contributed by atoms with Crippen molar-refractivity contribution in [1.82, 2.24) is 9.80 Å². The fourth-order valence-electron chi connectivity index (χ4n) is 3.40. The van der Waals surface area contributed by atoms with Gasteiger partial charge in [0.1, 0.15) is 11.6 Å². The van der Waals surface area contributed by atoms with Crippen molar-refractivity contribution in [2.45, 2.75) is 12.3 Å². The quantitative estimate of drug-likeness (QED) is 0.610. The van der Waals surface area contributed by atoms with Crippen LogP contribution < -0.4 is 0 Å². The Morgan fingerprint density at radius 1 is 1.11 bits per heavy atom. The summed E-state index contributed by atoms with van der Waals surface area (Å²) in [5.41, 5.74) is 2.62. The van der Waals surface area contributed by atoms with E-state index in [1.807, 2.05) is 24.3 Å². The minimum atomic E-state index is -0.241. The number of hydrogen-bond donors (Lipinski definition) is 0. The third-order valence-electron chi connectivity index (χ3n) is 4.97. The summed E-state index contributed by atoms with van der Waals surface area (Å²) in [7, 11) is 3.39. The Kier molecular flexibility index (Phi) is 5.90. The maximum Gasteiger partial charge on any atom is 0.264 e. The molecule has 0 N–H and O–H groups in total. The lowest BCUT2D eigenvalue weighted by Gasteiger charge is -2.16. The van der Waals surface area contributed by atoms with Crippen LogP contribution in [0.3, 0.4) is 0 Å². The summed E-state index contributed by atoms with van der Waals surface area (Å²) in [4.78, 5) is 28.0. The van der Waals surface area contributed by atoms with E-state index in [0.29, 0.717) is 24.6 Å². The topological polar surface area (TPSA) is 64.4 Å². The highest BCUT2D eigenvalue weighted by Crippen LogP contribution is 2.28. The number of amides is 2. The van der Waals surface area contributed by atoms with Crippen LogP contribution in [0.4, 0.5) is 0 Å². The maximum absolute atomic E-state index is 12.8. The van der Waals surface area contributed by atoms with Gasteiger partial charge in [0.15, 0.2) is 0 Å². The predicted octanol–water partition coefficient (Wildman–Crippen LogP) is 3.31. The lowest BCUT2D eigenvalue weighted by atomic mass is 9.99. The van der Waals surface area contributed by atoms with E-state index in [9.17, 15) is 14.9 Å². The predicted molar refractivity (Wildman–Crippen MR) is 108 cm³/mol. The molecule has 2 aromatic rings. The van der Waals surface area contributed by atoms with E-state index >= 15 is 0 Å². The molecule has 3 rings (SSSR count).